The minimum Gasteiger partial charge on any atom is -0.508 e. The lowest BCUT2D eigenvalue weighted by atomic mass is 9.89. The number of fused-ring (bicyclic) bond motifs is 4. The van der Waals surface area contributed by atoms with Crippen LogP contribution in [0.15, 0.2) is 34.0 Å². The Morgan fingerprint density at radius 2 is 2.00 bits per heavy atom. The van der Waals surface area contributed by atoms with Crippen LogP contribution in [-0.2, 0) is 28.3 Å². The first kappa shape index (κ1) is 22.4. The Labute approximate surface area is 188 Å². The number of aromatic hydroxyl groups is 1. The maximum atomic E-state index is 13.5. The third-order valence-corrected chi connectivity index (χ3v) is 7.84. The smallest absolute Gasteiger partial charge is 0.293 e. The minimum absolute atomic E-state index is 0.173. The molecule has 1 aromatic carbocycles. The van der Waals surface area contributed by atoms with Crippen LogP contribution in [-0.4, -0.2) is 45.0 Å². The van der Waals surface area contributed by atoms with Gasteiger partial charge in [-0.05, 0) is 61.9 Å². The molecule has 0 bridgehead atoms. The highest BCUT2D eigenvalue weighted by Crippen LogP contribution is 2.54. The summed E-state index contributed by atoms with van der Waals surface area (Å²) in [6.07, 6.45) is 6.91. The number of benzene rings is 1. The van der Waals surface area contributed by atoms with Gasteiger partial charge in [0.1, 0.15) is 12.4 Å². The molecule has 0 spiro atoms. The fourth-order valence-corrected chi connectivity index (χ4v) is 6.17. The number of hydrogen-bond acceptors (Lipinski definition) is 6. The van der Waals surface area contributed by atoms with E-state index in [1.807, 2.05) is 6.92 Å². The Kier molecular flexibility index (Phi) is 5.33. The first-order chi connectivity index (χ1) is 15.0. The third-order valence-electron chi connectivity index (χ3n) is 6.15. The van der Waals surface area contributed by atoms with Gasteiger partial charge in [0.2, 0.25) is 0 Å². The lowest BCUT2D eigenvalue weighted by Gasteiger charge is -2.30. The summed E-state index contributed by atoms with van der Waals surface area (Å²) in [7, 11) is -1.26. The van der Waals surface area contributed by atoms with Crippen LogP contribution in [0.25, 0.3) is 22.3 Å². The molecule has 0 saturated heterocycles. The summed E-state index contributed by atoms with van der Waals surface area (Å²) in [5.41, 5.74) is 2.22. The predicted octanol–water partition coefficient (Wildman–Crippen LogP) is 3.47. The standard InChI is InChI=1S/C24H28N2O5S/c1-6-24(2,30)18-10-20-21-16(11-26(20)23(29)17(18)12-31-13-27)22(32(3,4)5)15-9-14(28)7-8-19(15)25-21/h7-10,13,28,30H,6,11-12H2,1-5H3/t24-/m0/s1. The van der Waals surface area contributed by atoms with Gasteiger partial charge < -0.3 is 19.5 Å². The summed E-state index contributed by atoms with van der Waals surface area (Å²) in [5.74, 6) is 0.173. The molecule has 7 nitrogen and oxygen atoms in total. The number of hydrogen-bond donors (Lipinski definition) is 2. The van der Waals surface area contributed by atoms with Crippen molar-refractivity contribution in [2.24, 2.45) is 0 Å². The minimum atomic E-state index is -1.26. The van der Waals surface area contributed by atoms with E-state index in [0.717, 1.165) is 21.4 Å². The largest absolute Gasteiger partial charge is 0.508 e. The number of aliphatic hydroxyl groups is 1. The number of phenolic OH excluding ortho intramolecular Hbond substituents is 1. The summed E-state index contributed by atoms with van der Waals surface area (Å²) in [6, 6.07) is 6.94. The van der Waals surface area contributed by atoms with Crippen LogP contribution in [0.5, 0.6) is 5.75 Å². The van der Waals surface area contributed by atoms with Gasteiger partial charge in [0.15, 0.2) is 0 Å². The molecule has 0 amide bonds. The van der Waals surface area contributed by atoms with Crippen LogP contribution in [0, 0.1) is 0 Å². The highest BCUT2D eigenvalue weighted by atomic mass is 32.3. The Morgan fingerprint density at radius 3 is 2.62 bits per heavy atom. The van der Waals surface area contributed by atoms with Crippen molar-refractivity contribution in [3.05, 3.63) is 51.3 Å². The van der Waals surface area contributed by atoms with Gasteiger partial charge in [-0.25, -0.2) is 15.0 Å². The number of aromatic nitrogens is 2. The lowest BCUT2D eigenvalue weighted by Crippen LogP contribution is -2.31. The van der Waals surface area contributed by atoms with Crippen molar-refractivity contribution >= 4 is 27.4 Å². The molecule has 1 aliphatic heterocycles. The zero-order chi connectivity index (χ0) is 23.4. The Morgan fingerprint density at radius 1 is 1.28 bits per heavy atom. The molecule has 1 atom stereocenters. The van der Waals surface area contributed by atoms with E-state index in [1.54, 1.807) is 35.8 Å². The molecule has 0 fully saturated rings. The SMILES string of the molecule is CC[C@](C)(O)c1cc2n(c(=O)c1COC=O)Cc1c-2nc2ccc(O)cc2c1S(C)(C)C. The van der Waals surface area contributed by atoms with Gasteiger partial charge >= 0.3 is 0 Å². The first-order valence-electron chi connectivity index (χ1n) is 10.4. The molecule has 0 unspecified atom stereocenters. The average molecular weight is 457 g/mol. The van der Waals surface area contributed by atoms with Crippen LogP contribution in [0.1, 0.15) is 37.0 Å². The second-order valence-corrected chi connectivity index (χ2v) is 13.2. The van der Waals surface area contributed by atoms with E-state index in [2.05, 4.69) is 18.8 Å². The van der Waals surface area contributed by atoms with E-state index in [1.165, 1.54) is 0 Å². The van der Waals surface area contributed by atoms with Crippen molar-refractivity contribution < 1.29 is 19.7 Å². The number of rotatable bonds is 6. The summed E-state index contributed by atoms with van der Waals surface area (Å²) in [6.45, 7) is 3.93. The second-order valence-electron chi connectivity index (χ2n) is 9.15. The normalized spacial score (nSPS) is 15.2. The maximum Gasteiger partial charge on any atom is 0.293 e. The zero-order valence-corrected chi connectivity index (χ0v) is 19.7. The molecule has 4 rings (SSSR count). The van der Waals surface area contributed by atoms with Gasteiger partial charge in [-0.1, -0.05) is 6.92 Å². The van der Waals surface area contributed by atoms with Crippen molar-refractivity contribution in [3.63, 3.8) is 0 Å². The molecule has 32 heavy (non-hydrogen) atoms. The van der Waals surface area contributed by atoms with Crippen LogP contribution in [0.2, 0.25) is 0 Å². The van der Waals surface area contributed by atoms with Crippen molar-refractivity contribution in [3.8, 4) is 17.1 Å². The third kappa shape index (κ3) is 3.47. The van der Waals surface area contributed by atoms with Crippen LogP contribution >= 0.6 is 10.0 Å². The molecule has 3 aromatic rings. The lowest BCUT2D eigenvalue weighted by molar-refractivity contribution is -0.129. The number of carbonyl (C=O) groups is 1. The quantitative estimate of drug-likeness (QED) is 0.431. The molecule has 2 aromatic heterocycles. The molecular formula is C24H28N2O5S. The van der Waals surface area contributed by atoms with E-state index in [9.17, 15) is 19.8 Å². The molecule has 8 heteroatoms. The first-order valence-corrected chi connectivity index (χ1v) is 13.2. The van der Waals surface area contributed by atoms with E-state index < -0.39 is 15.6 Å². The van der Waals surface area contributed by atoms with Crippen LogP contribution in [0.3, 0.4) is 0 Å². The Bertz CT molecular complexity index is 1300. The topological polar surface area (TPSA) is 102 Å². The number of phenols is 1. The van der Waals surface area contributed by atoms with E-state index >= 15 is 0 Å². The van der Waals surface area contributed by atoms with Gasteiger partial charge in [-0.2, -0.15) is 0 Å². The Hall–Kier alpha value is -2.84. The van der Waals surface area contributed by atoms with Crippen LogP contribution < -0.4 is 5.56 Å². The van der Waals surface area contributed by atoms with Crippen molar-refractivity contribution in [1.82, 2.24) is 9.55 Å². The van der Waals surface area contributed by atoms with Gasteiger partial charge in [-0.3, -0.25) is 9.59 Å². The molecule has 2 N–H and O–H groups in total. The number of carbonyl (C=O) groups excluding carboxylic acids is 1. The van der Waals surface area contributed by atoms with E-state index in [-0.39, 0.29) is 23.5 Å². The van der Waals surface area contributed by atoms with Gasteiger partial charge in [-0.15, -0.1) is 0 Å². The summed E-state index contributed by atoms with van der Waals surface area (Å²) < 4.78 is 6.57. The number of nitrogens with zero attached hydrogens (tertiary/aromatic N) is 2. The summed E-state index contributed by atoms with van der Waals surface area (Å²) in [4.78, 5) is 30.3. The van der Waals surface area contributed by atoms with Crippen molar-refractivity contribution in [1.29, 1.82) is 0 Å². The number of pyridine rings is 2. The molecule has 0 aliphatic carbocycles. The van der Waals surface area contributed by atoms with Crippen molar-refractivity contribution in [2.75, 3.05) is 18.8 Å². The maximum absolute atomic E-state index is 13.5. The molecule has 0 saturated carbocycles. The number of ether oxygens (including phenoxy) is 1. The average Bonchev–Trinajstić information content (AvgIpc) is 3.08. The van der Waals surface area contributed by atoms with E-state index in [4.69, 9.17) is 9.72 Å². The molecule has 1 aliphatic rings. The fourth-order valence-electron chi connectivity index (χ4n) is 4.45. The summed E-state index contributed by atoms with van der Waals surface area (Å²) >= 11 is 0. The van der Waals surface area contributed by atoms with E-state index in [0.29, 0.717) is 36.4 Å². The fraction of sp³-hybridized carbons (Fsp3) is 0.375. The van der Waals surface area contributed by atoms with Gasteiger partial charge in [0, 0.05) is 15.8 Å². The summed E-state index contributed by atoms with van der Waals surface area (Å²) in [5, 5.41) is 22.0. The molecular weight excluding hydrogens is 428 g/mol. The van der Waals surface area contributed by atoms with Gasteiger partial charge in [0.25, 0.3) is 12.0 Å². The molecule has 170 valence electrons. The second kappa shape index (κ2) is 7.64. The molecule has 3 heterocycles. The highest BCUT2D eigenvalue weighted by Gasteiger charge is 2.34. The predicted molar refractivity (Wildman–Crippen MR) is 127 cm³/mol. The van der Waals surface area contributed by atoms with Gasteiger partial charge in [0.05, 0.1) is 34.6 Å². The Balaban J connectivity index is 2.08. The van der Waals surface area contributed by atoms with Crippen molar-refractivity contribution in [2.45, 2.75) is 43.9 Å². The highest BCUT2D eigenvalue weighted by molar-refractivity contribution is 8.32. The van der Waals surface area contributed by atoms with Crippen LogP contribution in [0.4, 0.5) is 0 Å². The zero-order valence-electron chi connectivity index (χ0n) is 18.9. The molecule has 0 radical (unpaired) electrons. The monoisotopic (exact) mass is 456 g/mol.